The van der Waals surface area contributed by atoms with Crippen molar-refractivity contribution in [1.29, 1.82) is 0 Å². The highest BCUT2D eigenvalue weighted by Crippen LogP contribution is 2.36. The number of pyridine rings is 1. The van der Waals surface area contributed by atoms with Gasteiger partial charge in [0.1, 0.15) is 5.82 Å². The Morgan fingerprint density at radius 1 is 0.943 bits per heavy atom. The molecule has 1 saturated heterocycles. The van der Waals surface area contributed by atoms with Crippen LogP contribution in [0.15, 0.2) is 90.1 Å². The number of rotatable bonds is 4. The summed E-state index contributed by atoms with van der Waals surface area (Å²) in [6, 6.07) is 17.0. The smallest absolute Gasteiger partial charge is 0.243 e. The van der Waals surface area contributed by atoms with Crippen molar-refractivity contribution < 1.29 is 14.2 Å². The van der Waals surface area contributed by atoms with E-state index in [1.54, 1.807) is 0 Å². The first-order valence-electron chi connectivity index (χ1n) is 11.7. The van der Waals surface area contributed by atoms with E-state index < -0.39 is 15.8 Å². The minimum Gasteiger partial charge on any atom is -0.330 e. The van der Waals surface area contributed by atoms with Crippen molar-refractivity contribution in [3.8, 4) is 0 Å². The summed E-state index contributed by atoms with van der Waals surface area (Å²) in [7, 11) is -3.59. The molecule has 0 spiro atoms. The molecule has 0 bridgehead atoms. The molecule has 1 aliphatic carbocycles. The van der Waals surface area contributed by atoms with Crippen molar-refractivity contribution in [2.24, 2.45) is 5.73 Å². The van der Waals surface area contributed by atoms with Gasteiger partial charge in [0.05, 0.1) is 4.90 Å². The molecule has 3 aromatic rings. The van der Waals surface area contributed by atoms with E-state index >= 15 is 0 Å². The van der Waals surface area contributed by atoms with Crippen molar-refractivity contribution in [2.45, 2.75) is 29.6 Å². The van der Waals surface area contributed by atoms with Crippen molar-refractivity contribution >= 4 is 22.2 Å². The quantitative estimate of drug-likeness (QED) is 0.538. The van der Waals surface area contributed by atoms with Crippen molar-refractivity contribution in [3.63, 3.8) is 0 Å². The van der Waals surface area contributed by atoms with Gasteiger partial charge in [0.2, 0.25) is 10.0 Å². The first-order valence-corrected chi connectivity index (χ1v) is 13.2. The highest BCUT2D eigenvalue weighted by molar-refractivity contribution is 7.89. The van der Waals surface area contributed by atoms with Crippen LogP contribution >= 0.6 is 0 Å². The number of piperidine rings is 1. The van der Waals surface area contributed by atoms with E-state index in [0.29, 0.717) is 32.5 Å². The van der Waals surface area contributed by atoms with Crippen LogP contribution < -0.4 is 5.73 Å². The Kier molecular flexibility index (Phi) is 7.90. The number of fused-ring (bicyclic) bond motifs is 1. The van der Waals surface area contributed by atoms with Crippen LogP contribution in [0.1, 0.15) is 37.4 Å². The second-order valence-corrected chi connectivity index (χ2v) is 10.7. The van der Waals surface area contributed by atoms with Gasteiger partial charge in [-0.2, -0.15) is 4.31 Å². The third kappa shape index (κ3) is 5.75. The largest absolute Gasteiger partial charge is 0.330 e. The van der Waals surface area contributed by atoms with Gasteiger partial charge in [0.15, 0.2) is 0 Å². The predicted molar refractivity (Wildman–Crippen MR) is 141 cm³/mol. The number of aromatic nitrogens is 1. The zero-order chi connectivity index (χ0) is 24.7. The lowest BCUT2D eigenvalue weighted by atomic mass is 9.73. The number of nitrogens with two attached hydrogens (primary N) is 1. The molecule has 0 radical (unpaired) electrons. The van der Waals surface area contributed by atoms with E-state index in [9.17, 15) is 12.8 Å². The van der Waals surface area contributed by atoms with E-state index in [-0.39, 0.29) is 11.7 Å². The van der Waals surface area contributed by atoms with E-state index in [1.165, 1.54) is 39.7 Å². The molecule has 2 N–H and O–H groups in total. The Morgan fingerprint density at radius 2 is 1.60 bits per heavy atom. The average molecular weight is 494 g/mol. The monoisotopic (exact) mass is 493 g/mol. The molecule has 35 heavy (non-hydrogen) atoms. The van der Waals surface area contributed by atoms with Crippen LogP contribution in [0, 0.1) is 5.82 Å². The SMILES string of the molecule is C1=Cc2ccncc2C=CC1.NCC1(c2ccccc2)CCN(S(=O)(=O)c2ccc(F)cc2)CC1.[HH]. The van der Waals surface area contributed by atoms with Crippen molar-refractivity contribution in [1.82, 2.24) is 9.29 Å². The Balaban J connectivity index is 0.000000251. The third-order valence-electron chi connectivity index (χ3n) is 6.66. The highest BCUT2D eigenvalue weighted by atomic mass is 32.2. The molecule has 2 heterocycles. The lowest BCUT2D eigenvalue weighted by molar-refractivity contribution is 0.237. The molecule has 0 saturated carbocycles. The zero-order valence-corrected chi connectivity index (χ0v) is 20.4. The van der Waals surface area contributed by atoms with Gasteiger partial charge in [-0.05, 0) is 66.3 Å². The van der Waals surface area contributed by atoms with Crippen LogP contribution in [0.2, 0.25) is 0 Å². The van der Waals surface area contributed by atoms with E-state index in [4.69, 9.17) is 5.73 Å². The number of halogens is 1. The summed E-state index contributed by atoms with van der Waals surface area (Å²) >= 11 is 0. The first-order chi connectivity index (χ1) is 16.9. The van der Waals surface area contributed by atoms with Gasteiger partial charge in [-0.3, -0.25) is 4.98 Å². The normalized spacial score (nSPS) is 17.1. The Bertz CT molecular complexity index is 1260. The lowest BCUT2D eigenvalue weighted by Crippen LogP contribution is -2.48. The van der Waals surface area contributed by atoms with Gasteiger partial charge in [-0.25, -0.2) is 12.8 Å². The number of allylic oxidation sites excluding steroid dienone is 2. The summed E-state index contributed by atoms with van der Waals surface area (Å²) in [6.07, 6.45) is 14.6. The van der Waals surface area contributed by atoms with Crippen LogP contribution in [0.4, 0.5) is 4.39 Å². The fraction of sp³-hybridized carbons (Fsp3) is 0.250. The number of sulfonamides is 1. The molecule has 0 amide bonds. The predicted octanol–water partition coefficient (Wildman–Crippen LogP) is 5.26. The summed E-state index contributed by atoms with van der Waals surface area (Å²) in [5.74, 6) is -0.446. The van der Waals surface area contributed by atoms with Gasteiger partial charge >= 0.3 is 0 Å². The maximum Gasteiger partial charge on any atom is 0.243 e. The molecule has 5 nitrogen and oxygen atoms in total. The van der Waals surface area contributed by atoms with Gasteiger partial charge < -0.3 is 5.73 Å². The Morgan fingerprint density at radius 3 is 2.26 bits per heavy atom. The number of hydrogen-bond acceptors (Lipinski definition) is 4. The van der Waals surface area contributed by atoms with Gasteiger partial charge in [-0.1, -0.05) is 54.6 Å². The third-order valence-corrected chi connectivity index (χ3v) is 8.57. The fourth-order valence-corrected chi connectivity index (χ4v) is 5.93. The Labute approximate surface area is 208 Å². The van der Waals surface area contributed by atoms with E-state index in [0.717, 1.165) is 12.0 Å². The number of benzene rings is 2. The van der Waals surface area contributed by atoms with Gasteiger partial charge in [0.25, 0.3) is 0 Å². The molecular weight excluding hydrogens is 461 g/mol. The second kappa shape index (κ2) is 11.1. The van der Waals surface area contributed by atoms with Gasteiger partial charge in [0, 0.05) is 38.9 Å². The minimum absolute atomic E-state index is 0. The van der Waals surface area contributed by atoms with Crippen molar-refractivity contribution in [3.05, 3.63) is 108 Å². The molecule has 5 rings (SSSR count). The zero-order valence-electron chi connectivity index (χ0n) is 19.6. The topological polar surface area (TPSA) is 76.3 Å². The van der Waals surface area contributed by atoms with E-state index in [2.05, 4.69) is 41.4 Å². The van der Waals surface area contributed by atoms with E-state index in [1.807, 2.05) is 36.7 Å². The Hall–Kier alpha value is -3.13. The van der Waals surface area contributed by atoms with Crippen LogP contribution in [-0.2, 0) is 15.4 Å². The molecule has 1 aliphatic heterocycles. The fourth-order valence-electron chi connectivity index (χ4n) is 4.49. The van der Waals surface area contributed by atoms with Gasteiger partial charge in [-0.15, -0.1) is 0 Å². The molecule has 7 heteroatoms. The molecule has 1 fully saturated rings. The minimum atomic E-state index is -3.59. The van der Waals surface area contributed by atoms with Crippen LogP contribution in [0.25, 0.3) is 12.2 Å². The molecule has 0 unspecified atom stereocenters. The summed E-state index contributed by atoms with van der Waals surface area (Å²) in [4.78, 5) is 4.18. The maximum absolute atomic E-state index is 13.0. The average Bonchev–Trinajstić information content (AvgIpc) is 3.16. The number of nitrogens with zero attached hydrogens (tertiary/aromatic N) is 2. The molecule has 1 aromatic heterocycles. The molecule has 184 valence electrons. The second-order valence-electron chi connectivity index (χ2n) is 8.75. The summed E-state index contributed by atoms with van der Waals surface area (Å²) in [5, 5.41) is 0. The standard InChI is InChI=1S/C18H21FN2O2S.C10H9N.H2/c19-16-6-8-17(9-7-16)24(22,23)21-12-10-18(14-20,11-13-21)15-4-2-1-3-5-15;1-2-4-9-6-7-11-8-10(9)5-3-1;/h1-9H,10-14,20H2;2-8H,1H2;1H. The summed E-state index contributed by atoms with van der Waals surface area (Å²) in [6.45, 7) is 1.30. The van der Waals surface area contributed by atoms with Crippen LogP contribution in [0.3, 0.4) is 0 Å². The molecule has 2 aromatic carbocycles. The summed E-state index contributed by atoms with van der Waals surface area (Å²) in [5.41, 5.74) is 9.48. The molecular formula is C28H32FN3O2S. The van der Waals surface area contributed by atoms with Crippen LogP contribution in [0.5, 0.6) is 0 Å². The molecule has 0 atom stereocenters. The van der Waals surface area contributed by atoms with Crippen molar-refractivity contribution in [2.75, 3.05) is 19.6 Å². The highest BCUT2D eigenvalue weighted by Gasteiger charge is 2.38. The first kappa shape index (κ1) is 25.0. The number of hydrogen-bond donors (Lipinski definition) is 1. The lowest BCUT2D eigenvalue weighted by Gasteiger charge is -2.41. The van der Waals surface area contributed by atoms with Crippen LogP contribution in [-0.4, -0.2) is 37.3 Å². The maximum atomic E-state index is 13.0. The molecule has 2 aliphatic rings. The summed E-state index contributed by atoms with van der Waals surface area (Å²) < 4.78 is 39.9.